The number of unbranched alkanes of at least 4 members (excludes halogenated alkanes) is 1. The molecule has 0 aromatic rings. The number of likely N-dealkylation sites (N-methyl/N-ethyl adjacent to an activating group) is 1. The molecule has 0 aromatic carbocycles. The van der Waals surface area contributed by atoms with Gasteiger partial charge in [-0.3, -0.25) is 4.79 Å². The van der Waals surface area contributed by atoms with E-state index in [4.69, 9.17) is 4.74 Å². The molecule has 0 aliphatic heterocycles. The maximum atomic E-state index is 12.0. The van der Waals surface area contributed by atoms with Crippen molar-refractivity contribution in [3.05, 3.63) is 0 Å². The number of hydrogen-bond acceptors (Lipinski definition) is 4. The summed E-state index contributed by atoms with van der Waals surface area (Å²) in [7, 11) is 2.17. The minimum Gasteiger partial charge on any atom is -0.465 e. The first-order chi connectivity index (χ1) is 9.41. The van der Waals surface area contributed by atoms with Crippen LogP contribution in [0, 0.1) is 0 Å². The molecule has 0 rings (SSSR count). The third-order valence-corrected chi connectivity index (χ3v) is 4.07. The molecule has 0 saturated heterocycles. The molecule has 120 valence electrons. The van der Waals surface area contributed by atoms with Gasteiger partial charge in [-0.15, -0.1) is 0 Å². The topological polar surface area (TPSA) is 41.6 Å². The fraction of sp³-hybridized carbons (Fsp3) is 0.938. The fourth-order valence-electron chi connectivity index (χ4n) is 2.31. The summed E-state index contributed by atoms with van der Waals surface area (Å²) in [5, 5.41) is 3.28. The van der Waals surface area contributed by atoms with Gasteiger partial charge in [0.15, 0.2) is 0 Å². The quantitative estimate of drug-likeness (QED) is 0.468. The van der Waals surface area contributed by atoms with Crippen molar-refractivity contribution in [2.24, 2.45) is 0 Å². The van der Waals surface area contributed by atoms with Gasteiger partial charge in [0.1, 0.15) is 5.54 Å². The highest BCUT2D eigenvalue weighted by Crippen LogP contribution is 2.16. The van der Waals surface area contributed by atoms with Crippen LogP contribution in [0.3, 0.4) is 0 Å². The number of nitrogens with one attached hydrogen (secondary N) is 1. The van der Waals surface area contributed by atoms with Gasteiger partial charge in [-0.2, -0.15) is 0 Å². The maximum Gasteiger partial charge on any atom is 0.326 e. The highest BCUT2D eigenvalue weighted by Gasteiger charge is 2.32. The van der Waals surface area contributed by atoms with Crippen LogP contribution in [0.1, 0.15) is 60.3 Å². The lowest BCUT2D eigenvalue weighted by atomic mass is 9.94. The van der Waals surface area contributed by atoms with E-state index in [9.17, 15) is 4.79 Å². The summed E-state index contributed by atoms with van der Waals surface area (Å²) in [4.78, 5) is 14.4. The molecular weight excluding hydrogens is 252 g/mol. The number of carbonyl (C=O) groups is 1. The Hall–Kier alpha value is -0.610. The van der Waals surface area contributed by atoms with E-state index >= 15 is 0 Å². The summed E-state index contributed by atoms with van der Waals surface area (Å²) >= 11 is 0. The van der Waals surface area contributed by atoms with E-state index in [1.54, 1.807) is 0 Å². The summed E-state index contributed by atoms with van der Waals surface area (Å²) in [5.41, 5.74) is -0.542. The van der Waals surface area contributed by atoms with Crippen molar-refractivity contribution in [2.45, 2.75) is 71.9 Å². The van der Waals surface area contributed by atoms with E-state index in [1.165, 1.54) is 6.42 Å². The highest BCUT2D eigenvalue weighted by molar-refractivity contribution is 5.80. The Bertz CT molecular complexity index is 271. The van der Waals surface area contributed by atoms with E-state index in [2.05, 4.69) is 31.1 Å². The Morgan fingerprint density at radius 2 is 1.95 bits per heavy atom. The summed E-state index contributed by atoms with van der Waals surface area (Å²) in [5.74, 6) is -0.128. The standard InChI is InChI=1S/C16H34N2O2/c1-7-14(4)18(6)13-11-10-12-16(5,17-8-2)15(19)20-9-3/h14,17H,7-13H2,1-6H3. The Labute approximate surface area is 125 Å². The van der Waals surface area contributed by atoms with Gasteiger partial charge in [-0.25, -0.2) is 0 Å². The molecule has 0 aliphatic carbocycles. The molecular formula is C16H34N2O2. The summed E-state index contributed by atoms with van der Waals surface area (Å²) in [6.07, 6.45) is 4.15. The second-order valence-electron chi connectivity index (χ2n) is 5.78. The number of rotatable bonds is 11. The van der Waals surface area contributed by atoms with Crippen LogP contribution in [0.15, 0.2) is 0 Å². The van der Waals surface area contributed by atoms with Crippen LogP contribution in [0.25, 0.3) is 0 Å². The Morgan fingerprint density at radius 3 is 2.45 bits per heavy atom. The molecule has 1 N–H and O–H groups in total. The lowest BCUT2D eigenvalue weighted by molar-refractivity contribution is -0.150. The smallest absolute Gasteiger partial charge is 0.326 e. The average Bonchev–Trinajstić information content (AvgIpc) is 2.43. The molecule has 0 radical (unpaired) electrons. The van der Waals surface area contributed by atoms with Crippen molar-refractivity contribution in [3.8, 4) is 0 Å². The highest BCUT2D eigenvalue weighted by atomic mass is 16.5. The largest absolute Gasteiger partial charge is 0.465 e. The van der Waals surface area contributed by atoms with Gasteiger partial charge in [-0.05, 0) is 66.6 Å². The molecule has 2 atom stereocenters. The van der Waals surface area contributed by atoms with Gasteiger partial charge < -0.3 is 15.0 Å². The van der Waals surface area contributed by atoms with E-state index in [0.29, 0.717) is 12.6 Å². The normalized spacial score (nSPS) is 15.9. The SMILES string of the molecule is CCNC(C)(CCCCN(C)C(C)CC)C(=O)OCC. The van der Waals surface area contributed by atoms with Crippen molar-refractivity contribution in [1.29, 1.82) is 0 Å². The van der Waals surface area contributed by atoms with Crippen molar-refractivity contribution in [3.63, 3.8) is 0 Å². The molecule has 0 amide bonds. The fourth-order valence-corrected chi connectivity index (χ4v) is 2.31. The Balaban J connectivity index is 4.18. The first kappa shape index (κ1) is 19.4. The van der Waals surface area contributed by atoms with Gasteiger partial charge in [0, 0.05) is 6.04 Å². The zero-order valence-corrected chi connectivity index (χ0v) is 14.3. The second kappa shape index (κ2) is 10.2. The number of carbonyl (C=O) groups excluding carboxylic acids is 1. The summed E-state index contributed by atoms with van der Waals surface area (Å²) < 4.78 is 5.18. The predicted molar refractivity (Wildman–Crippen MR) is 84.9 cm³/mol. The molecule has 0 aromatic heterocycles. The minimum atomic E-state index is -0.542. The summed E-state index contributed by atoms with van der Waals surface area (Å²) in [6, 6.07) is 0.625. The third-order valence-electron chi connectivity index (χ3n) is 4.07. The van der Waals surface area contributed by atoms with Gasteiger partial charge in [0.05, 0.1) is 6.61 Å². The zero-order valence-electron chi connectivity index (χ0n) is 14.3. The molecule has 2 unspecified atom stereocenters. The first-order valence-corrected chi connectivity index (χ1v) is 8.03. The van der Waals surface area contributed by atoms with Crippen LogP contribution in [0.2, 0.25) is 0 Å². The van der Waals surface area contributed by atoms with Crippen molar-refractivity contribution in [2.75, 3.05) is 26.7 Å². The van der Waals surface area contributed by atoms with Crippen LogP contribution in [0.4, 0.5) is 0 Å². The summed E-state index contributed by atoms with van der Waals surface area (Å²) in [6.45, 7) is 12.6. The average molecular weight is 286 g/mol. The lowest BCUT2D eigenvalue weighted by Crippen LogP contribution is -2.50. The molecule has 0 bridgehead atoms. The molecule has 0 spiro atoms. The van der Waals surface area contributed by atoms with Gasteiger partial charge in [-0.1, -0.05) is 13.8 Å². The van der Waals surface area contributed by atoms with Crippen LogP contribution < -0.4 is 5.32 Å². The molecule has 0 fully saturated rings. The van der Waals surface area contributed by atoms with Crippen molar-refractivity contribution >= 4 is 5.97 Å². The van der Waals surface area contributed by atoms with E-state index in [0.717, 1.165) is 32.4 Å². The second-order valence-corrected chi connectivity index (χ2v) is 5.78. The molecule has 20 heavy (non-hydrogen) atoms. The van der Waals surface area contributed by atoms with E-state index in [-0.39, 0.29) is 5.97 Å². The van der Waals surface area contributed by atoms with Crippen molar-refractivity contribution in [1.82, 2.24) is 10.2 Å². The molecule has 0 heterocycles. The number of esters is 1. The maximum absolute atomic E-state index is 12.0. The third kappa shape index (κ3) is 6.71. The number of hydrogen-bond donors (Lipinski definition) is 1. The van der Waals surface area contributed by atoms with Gasteiger partial charge in [0.25, 0.3) is 0 Å². The lowest BCUT2D eigenvalue weighted by Gasteiger charge is -2.29. The number of nitrogens with zero attached hydrogens (tertiary/aromatic N) is 1. The Morgan fingerprint density at radius 1 is 1.30 bits per heavy atom. The Kier molecular flexibility index (Phi) is 9.86. The van der Waals surface area contributed by atoms with E-state index < -0.39 is 5.54 Å². The molecule has 4 nitrogen and oxygen atoms in total. The predicted octanol–water partition coefficient (Wildman–Crippen LogP) is 2.82. The first-order valence-electron chi connectivity index (χ1n) is 8.03. The molecule has 0 saturated carbocycles. The van der Waals surface area contributed by atoms with Crippen molar-refractivity contribution < 1.29 is 9.53 Å². The van der Waals surface area contributed by atoms with Crippen LogP contribution in [0.5, 0.6) is 0 Å². The van der Waals surface area contributed by atoms with E-state index in [1.807, 2.05) is 20.8 Å². The monoisotopic (exact) mass is 286 g/mol. The van der Waals surface area contributed by atoms with Crippen LogP contribution >= 0.6 is 0 Å². The number of ether oxygens (including phenoxy) is 1. The minimum absolute atomic E-state index is 0.128. The van der Waals surface area contributed by atoms with Gasteiger partial charge in [0.2, 0.25) is 0 Å². The zero-order chi connectivity index (χ0) is 15.6. The molecule has 4 heteroatoms. The van der Waals surface area contributed by atoms with Crippen LogP contribution in [-0.4, -0.2) is 49.2 Å². The van der Waals surface area contributed by atoms with Crippen LogP contribution in [-0.2, 0) is 9.53 Å². The van der Waals surface area contributed by atoms with Gasteiger partial charge >= 0.3 is 5.97 Å². The molecule has 0 aliphatic rings.